The molecule has 0 bridgehead atoms. The summed E-state index contributed by atoms with van der Waals surface area (Å²) in [5.74, 6) is 2.15. The molecule has 1 aliphatic carbocycles. The third kappa shape index (κ3) is 6.36. The first kappa shape index (κ1) is 21.4. The molecule has 3 fully saturated rings. The minimum Gasteiger partial charge on any atom is -0.356 e. The van der Waals surface area contributed by atoms with Crippen LogP contribution in [0, 0.1) is 11.8 Å². The predicted molar refractivity (Wildman–Crippen MR) is 116 cm³/mol. The van der Waals surface area contributed by atoms with Crippen molar-refractivity contribution in [3.8, 4) is 0 Å². The molecule has 3 aliphatic rings. The molecular formula is C22H41N5O. The van der Waals surface area contributed by atoms with Crippen molar-refractivity contribution in [2.75, 3.05) is 46.3 Å². The van der Waals surface area contributed by atoms with Crippen LogP contribution in [0.4, 0.5) is 0 Å². The van der Waals surface area contributed by atoms with Gasteiger partial charge in [-0.1, -0.05) is 32.6 Å². The van der Waals surface area contributed by atoms with E-state index in [-0.39, 0.29) is 5.92 Å². The van der Waals surface area contributed by atoms with Crippen molar-refractivity contribution >= 4 is 11.9 Å². The molecule has 6 heteroatoms. The lowest BCUT2D eigenvalue weighted by atomic mass is 9.88. The van der Waals surface area contributed by atoms with Crippen LogP contribution in [0.25, 0.3) is 0 Å². The zero-order valence-electron chi connectivity index (χ0n) is 18.1. The van der Waals surface area contributed by atoms with Crippen molar-refractivity contribution in [3.05, 3.63) is 0 Å². The van der Waals surface area contributed by atoms with E-state index in [0.717, 1.165) is 51.4 Å². The van der Waals surface area contributed by atoms with Crippen molar-refractivity contribution in [2.24, 2.45) is 16.8 Å². The normalized spacial score (nSPS) is 26.3. The maximum Gasteiger partial charge on any atom is 0.225 e. The number of piperidine rings is 1. The molecule has 0 radical (unpaired) electrons. The van der Waals surface area contributed by atoms with Crippen molar-refractivity contribution < 1.29 is 4.79 Å². The maximum absolute atomic E-state index is 12.8. The highest BCUT2D eigenvalue weighted by molar-refractivity contribution is 5.81. The average molecular weight is 392 g/mol. The summed E-state index contributed by atoms with van der Waals surface area (Å²) in [6, 6.07) is 0.316. The number of hydrogen-bond donors (Lipinski definition) is 2. The third-order valence-electron chi connectivity index (χ3n) is 6.66. The average Bonchev–Trinajstić information content (AvgIpc) is 3.20. The van der Waals surface area contributed by atoms with Gasteiger partial charge in [-0.15, -0.1) is 0 Å². The molecule has 2 atom stereocenters. The Morgan fingerprint density at radius 2 is 1.75 bits per heavy atom. The van der Waals surface area contributed by atoms with Gasteiger partial charge in [0.05, 0.1) is 0 Å². The molecule has 160 valence electrons. The number of carbonyl (C=O) groups excluding carboxylic acids is 1. The van der Waals surface area contributed by atoms with Gasteiger partial charge in [-0.3, -0.25) is 9.79 Å². The fourth-order valence-corrected chi connectivity index (χ4v) is 4.99. The summed E-state index contributed by atoms with van der Waals surface area (Å²) in [7, 11) is 1.84. The summed E-state index contributed by atoms with van der Waals surface area (Å²) in [6.45, 7) is 8.63. The number of nitrogens with one attached hydrogen (secondary N) is 2. The van der Waals surface area contributed by atoms with Crippen molar-refractivity contribution in [1.82, 2.24) is 20.4 Å². The van der Waals surface area contributed by atoms with E-state index in [4.69, 9.17) is 0 Å². The van der Waals surface area contributed by atoms with E-state index in [9.17, 15) is 4.79 Å². The molecule has 28 heavy (non-hydrogen) atoms. The maximum atomic E-state index is 12.8. The van der Waals surface area contributed by atoms with Gasteiger partial charge in [0.2, 0.25) is 5.91 Å². The summed E-state index contributed by atoms with van der Waals surface area (Å²) >= 11 is 0. The van der Waals surface area contributed by atoms with E-state index >= 15 is 0 Å². The molecule has 2 unspecified atom stereocenters. The Balaban J connectivity index is 1.36. The fraction of sp³-hybridized carbons (Fsp3) is 0.909. The molecule has 0 spiro atoms. The summed E-state index contributed by atoms with van der Waals surface area (Å²) in [5.41, 5.74) is 0. The Kier molecular flexibility index (Phi) is 8.44. The highest BCUT2D eigenvalue weighted by atomic mass is 16.2. The smallest absolute Gasteiger partial charge is 0.225 e. The summed E-state index contributed by atoms with van der Waals surface area (Å²) in [6.07, 6.45) is 11.0. The van der Waals surface area contributed by atoms with Crippen molar-refractivity contribution in [3.63, 3.8) is 0 Å². The molecule has 0 aromatic rings. The van der Waals surface area contributed by atoms with Crippen LogP contribution in [0.1, 0.15) is 64.7 Å². The topological polar surface area (TPSA) is 60.0 Å². The Labute approximate surface area is 171 Å². The molecule has 2 N–H and O–H groups in total. The van der Waals surface area contributed by atoms with Crippen LogP contribution in [-0.4, -0.2) is 74.0 Å². The van der Waals surface area contributed by atoms with Crippen LogP contribution in [0.15, 0.2) is 4.99 Å². The van der Waals surface area contributed by atoms with Gasteiger partial charge in [0.15, 0.2) is 5.96 Å². The number of aliphatic imine (C=N–C) groups is 1. The predicted octanol–water partition coefficient (Wildman–Crippen LogP) is 2.45. The second-order valence-corrected chi connectivity index (χ2v) is 9.17. The van der Waals surface area contributed by atoms with Gasteiger partial charge in [0.1, 0.15) is 0 Å². The van der Waals surface area contributed by atoms with Crippen LogP contribution in [0.3, 0.4) is 0 Å². The lowest BCUT2D eigenvalue weighted by Crippen LogP contribution is -2.47. The summed E-state index contributed by atoms with van der Waals surface area (Å²) < 4.78 is 0. The summed E-state index contributed by atoms with van der Waals surface area (Å²) in [5, 5.41) is 7.05. The molecule has 0 aromatic heterocycles. The Morgan fingerprint density at radius 3 is 2.46 bits per heavy atom. The Hall–Kier alpha value is -1.30. The lowest BCUT2D eigenvalue weighted by Gasteiger charge is -2.29. The van der Waals surface area contributed by atoms with Gasteiger partial charge in [-0.2, -0.15) is 0 Å². The second kappa shape index (κ2) is 11.0. The van der Waals surface area contributed by atoms with Gasteiger partial charge in [0.25, 0.3) is 0 Å². The molecule has 6 nitrogen and oxygen atoms in total. The molecule has 1 amide bonds. The molecule has 2 aliphatic heterocycles. The number of guanidine groups is 1. The number of amides is 1. The van der Waals surface area contributed by atoms with Crippen LogP contribution < -0.4 is 10.6 Å². The minimum atomic E-state index is 0.278. The number of carbonyl (C=O) groups is 1. The van der Waals surface area contributed by atoms with Gasteiger partial charge in [-0.05, 0) is 51.1 Å². The molecule has 0 aromatic carbocycles. The van der Waals surface area contributed by atoms with Gasteiger partial charge >= 0.3 is 0 Å². The second-order valence-electron chi connectivity index (χ2n) is 9.17. The van der Waals surface area contributed by atoms with Crippen LogP contribution in [0.5, 0.6) is 0 Å². The van der Waals surface area contributed by atoms with E-state index in [1.54, 1.807) is 0 Å². The minimum absolute atomic E-state index is 0.278. The van der Waals surface area contributed by atoms with Gasteiger partial charge in [0, 0.05) is 45.2 Å². The van der Waals surface area contributed by atoms with Crippen LogP contribution >= 0.6 is 0 Å². The molecule has 2 heterocycles. The molecule has 1 saturated carbocycles. The lowest BCUT2D eigenvalue weighted by molar-refractivity contribution is -0.135. The Morgan fingerprint density at radius 1 is 1.04 bits per heavy atom. The zero-order valence-corrected chi connectivity index (χ0v) is 18.1. The highest BCUT2D eigenvalue weighted by Gasteiger charge is 2.31. The van der Waals surface area contributed by atoms with Gasteiger partial charge in [-0.25, -0.2) is 0 Å². The third-order valence-corrected chi connectivity index (χ3v) is 6.66. The van der Waals surface area contributed by atoms with Crippen molar-refractivity contribution in [1.29, 1.82) is 0 Å². The number of likely N-dealkylation sites (tertiary alicyclic amines) is 2. The largest absolute Gasteiger partial charge is 0.356 e. The molecular weight excluding hydrogens is 350 g/mol. The molecule has 3 rings (SSSR count). The van der Waals surface area contributed by atoms with E-state index in [0.29, 0.717) is 17.9 Å². The van der Waals surface area contributed by atoms with Crippen LogP contribution in [-0.2, 0) is 4.79 Å². The fourth-order valence-electron chi connectivity index (χ4n) is 4.99. The first-order valence-electron chi connectivity index (χ1n) is 11.6. The van der Waals surface area contributed by atoms with E-state index in [2.05, 4.69) is 32.3 Å². The van der Waals surface area contributed by atoms with E-state index < -0.39 is 0 Å². The van der Waals surface area contributed by atoms with Crippen molar-refractivity contribution in [2.45, 2.75) is 70.8 Å². The quantitative estimate of drug-likeness (QED) is 0.539. The highest BCUT2D eigenvalue weighted by Crippen LogP contribution is 2.26. The molecule has 2 saturated heterocycles. The first-order valence-corrected chi connectivity index (χ1v) is 11.6. The monoisotopic (exact) mass is 391 g/mol. The number of rotatable bonds is 6. The zero-order chi connectivity index (χ0) is 19.8. The van der Waals surface area contributed by atoms with E-state index in [1.807, 2.05) is 7.05 Å². The SMILES string of the molecule is CN=C(NCC(C)CN1CCCCC1)NC1CCN(C(=O)C2CCCCC2)C1. The van der Waals surface area contributed by atoms with E-state index in [1.165, 1.54) is 51.6 Å². The Bertz CT molecular complexity index is 511. The first-order chi connectivity index (χ1) is 13.7. The summed E-state index contributed by atoms with van der Waals surface area (Å²) in [4.78, 5) is 21.8. The standard InChI is InChI=1S/C22H41N5O/c1-18(16-26-12-7-4-8-13-26)15-24-22(23-2)25-20-11-14-27(17-20)21(28)19-9-5-3-6-10-19/h18-20H,3-17H2,1-2H3,(H2,23,24,25). The number of nitrogens with zero attached hydrogens (tertiary/aromatic N) is 3. The number of hydrogen-bond acceptors (Lipinski definition) is 3. The van der Waals surface area contributed by atoms with Gasteiger partial charge < -0.3 is 20.4 Å². The van der Waals surface area contributed by atoms with Crippen LogP contribution in [0.2, 0.25) is 0 Å².